The van der Waals surface area contributed by atoms with Gasteiger partial charge in [-0.3, -0.25) is 4.79 Å². The van der Waals surface area contributed by atoms with E-state index in [1.165, 1.54) is 4.90 Å². The molecular formula is C16H26N4O3S. The number of nitrogens with zero attached hydrogens (tertiary/aromatic N) is 3. The molecule has 24 heavy (non-hydrogen) atoms. The first kappa shape index (κ1) is 18.7. The molecule has 1 fully saturated rings. The zero-order valence-corrected chi connectivity index (χ0v) is 15.3. The molecule has 1 amide bonds. The monoisotopic (exact) mass is 354 g/mol. The molecule has 1 saturated heterocycles. The summed E-state index contributed by atoms with van der Waals surface area (Å²) in [5, 5.41) is 3.27. The Hall–Kier alpha value is -1.67. The van der Waals surface area contributed by atoms with Gasteiger partial charge in [0.05, 0.1) is 23.4 Å². The Morgan fingerprint density at radius 2 is 2.08 bits per heavy atom. The Labute approximate surface area is 144 Å². The van der Waals surface area contributed by atoms with Crippen molar-refractivity contribution >= 4 is 21.4 Å². The fourth-order valence-corrected chi connectivity index (χ4v) is 4.45. The molecule has 1 aromatic heterocycles. The van der Waals surface area contributed by atoms with Gasteiger partial charge >= 0.3 is 0 Å². The molecular weight excluding hydrogens is 328 g/mol. The zero-order valence-electron chi connectivity index (χ0n) is 14.5. The predicted molar refractivity (Wildman–Crippen MR) is 95.1 cm³/mol. The zero-order chi connectivity index (χ0) is 17.7. The van der Waals surface area contributed by atoms with Crippen molar-refractivity contribution in [3.63, 3.8) is 0 Å². The Bertz CT molecular complexity index is 658. The van der Waals surface area contributed by atoms with Gasteiger partial charge < -0.3 is 15.1 Å². The molecule has 7 nitrogen and oxygen atoms in total. The summed E-state index contributed by atoms with van der Waals surface area (Å²) >= 11 is 0. The second kappa shape index (κ2) is 7.94. The molecule has 0 spiro atoms. The molecule has 134 valence electrons. The highest BCUT2D eigenvalue weighted by molar-refractivity contribution is 7.91. The molecule has 0 aromatic carbocycles. The van der Waals surface area contributed by atoms with Gasteiger partial charge in [0, 0.05) is 19.6 Å². The third-order valence-electron chi connectivity index (χ3n) is 4.17. The molecule has 1 aliphatic heterocycles. The van der Waals surface area contributed by atoms with Crippen molar-refractivity contribution < 1.29 is 13.2 Å². The van der Waals surface area contributed by atoms with Gasteiger partial charge in [-0.1, -0.05) is 0 Å². The van der Waals surface area contributed by atoms with E-state index < -0.39 is 9.84 Å². The van der Waals surface area contributed by atoms with Gasteiger partial charge in [-0.25, -0.2) is 13.4 Å². The lowest BCUT2D eigenvalue weighted by Gasteiger charge is -2.23. The SMILES string of the molecule is CN(C)CCCNc1ccc(C(=O)N(C)C2CCS(=O)(=O)C2)nc1. The maximum atomic E-state index is 12.4. The van der Waals surface area contributed by atoms with Gasteiger partial charge in [-0.05, 0) is 45.6 Å². The highest BCUT2D eigenvalue weighted by Crippen LogP contribution is 2.18. The summed E-state index contributed by atoms with van der Waals surface area (Å²) in [6.07, 6.45) is 3.16. The molecule has 0 radical (unpaired) electrons. The molecule has 1 atom stereocenters. The van der Waals surface area contributed by atoms with Gasteiger partial charge in [0.2, 0.25) is 0 Å². The van der Waals surface area contributed by atoms with Crippen LogP contribution in [0.15, 0.2) is 18.3 Å². The van der Waals surface area contributed by atoms with E-state index in [0.717, 1.165) is 25.2 Å². The van der Waals surface area contributed by atoms with Crippen LogP contribution in [0, 0.1) is 0 Å². The van der Waals surface area contributed by atoms with E-state index in [9.17, 15) is 13.2 Å². The molecule has 0 bridgehead atoms. The van der Waals surface area contributed by atoms with Gasteiger partial charge in [0.15, 0.2) is 9.84 Å². The maximum Gasteiger partial charge on any atom is 0.272 e. The summed E-state index contributed by atoms with van der Waals surface area (Å²) in [5.74, 6) is -0.0459. The van der Waals surface area contributed by atoms with E-state index in [1.807, 2.05) is 20.2 Å². The summed E-state index contributed by atoms with van der Waals surface area (Å²) in [4.78, 5) is 20.3. The lowest BCUT2D eigenvalue weighted by Crippen LogP contribution is -2.38. The molecule has 1 N–H and O–H groups in total. The van der Waals surface area contributed by atoms with Crippen LogP contribution in [0.3, 0.4) is 0 Å². The number of sulfone groups is 1. The summed E-state index contributed by atoms with van der Waals surface area (Å²) in [5.41, 5.74) is 1.21. The Morgan fingerprint density at radius 3 is 2.62 bits per heavy atom. The molecule has 2 rings (SSSR count). The van der Waals surface area contributed by atoms with Crippen LogP contribution >= 0.6 is 0 Å². The van der Waals surface area contributed by atoms with Crippen LogP contribution in [-0.4, -0.2) is 80.9 Å². The minimum atomic E-state index is -3.01. The first-order chi connectivity index (χ1) is 11.3. The average molecular weight is 354 g/mol. The maximum absolute atomic E-state index is 12.4. The number of amides is 1. The number of aromatic nitrogens is 1. The highest BCUT2D eigenvalue weighted by atomic mass is 32.2. The highest BCUT2D eigenvalue weighted by Gasteiger charge is 2.33. The second-order valence-corrected chi connectivity index (χ2v) is 8.72. The summed E-state index contributed by atoms with van der Waals surface area (Å²) < 4.78 is 23.1. The van der Waals surface area contributed by atoms with Gasteiger partial charge in [-0.2, -0.15) is 0 Å². The van der Waals surface area contributed by atoms with E-state index in [4.69, 9.17) is 0 Å². The molecule has 0 saturated carbocycles. The van der Waals surface area contributed by atoms with E-state index in [0.29, 0.717) is 12.1 Å². The lowest BCUT2D eigenvalue weighted by molar-refractivity contribution is 0.0742. The van der Waals surface area contributed by atoms with Gasteiger partial charge in [-0.15, -0.1) is 0 Å². The summed E-state index contributed by atoms with van der Waals surface area (Å²) in [6, 6.07) is 3.25. The van der Waals surface area contributed by atoms with Crippen molar-refractivity contribution in [1.29, 1.82) is 0 Å². The summed E-state index contributed by atoms with van der Waals surface area (Å²) in [7, 11) is 2.70. The fourth-order valence-electron chi connectivity index (χ4n) is 2.68. The van der Waals surface area contributed by atoms with Crippen molar-refractivity contribution in [2.75, 3.05) is 51.1 Å². The standard InChI is InChI=1S/C16H26N4O3S/c1-19(2)9-4-8-17-13-5-6-15(18-11-13)16(21)20(3)14-7-10-24(22,23)12-14/h5-6,11,14,17H,4,7-10,12H2,1-3H3. The van der Waals surface area contributed by atoms with Crippen LogP contribution in [0.25, 0.3) is 0 Å². The number of nitrogens with one attached hydrogen (secondary N) is 1. The van der Waals surface area contributed by atoms with Crippen molar-refractivity contribution in [2.24, 2.45) is 0 Å². The third kappa shape index (κ3) is 5.17. The van der Waals surface area contributed by atoms with Crippen LogP contribution in [-0.2, 0) is 9.84 Å². The Morgan fingerprint density at radius 1 is 1.33 bits per heavy atom. The van der Waals surface area contributed by atoms with E-state index in [-0.39, 0.29) is 23.5 Å². The number of carbonyl (C=O) groups excluding carboxylic acids is 1. The Kier molecular flexibility index (Phi) is 6.17. The number of anilines is 1. The predicted octanol–water partition coefficient (Wildman–Crippen LogP) is 0.704. The van der Waals surface area contributed by atoms with Crippen LogP contribution in [0.2, 0.25) is 0 Å². The third-order valence-corrected chi connectivity index (χ3v) is 5.92. The molecule has 1 aliphatic rings. The largest absolute Gasteiger partial charge is 0.384 e. The van der Waals surface area contributed by atoms with Crippen LogP contribution < -0.4 is 5.32 Å². The Balaban J connectivity index is 1.89. The van der Waals surface area contributed by atoms with Crippen LogP contribution in [0.4, 0.5) is 5.69 Å². The van der Waals surface area contributed by atoms with Crippen LogP contribution in [0.5, 0.6) is 0 Å². The topological polar surface area (TPSA) is 82.6 Å². The average Bonchev–Trinajstić information content (AvgIpc) is 2.90. The van der Waals surface area contributed by atoms with E-state index >= 15 is 0 Å². The lowest BCUT2D eigenvalue weighted by atomic mass is 10.2. The molecule has 8 heteroatoms. The van der Waals surface area contributed by atoms with Crippen molar-refractivity contribution in [1.82, 2.24) is 14.8 Å². The smallest absolute Gasteiger partial charge is 0.272 e. The first-order valence-electron chi connectivity index (χ1n) is 8.11. The second-order valence-electron chi connectivity index (χ2n) is 6.49. The van der Waals surface area contributed by atoms with Crippen molar-refractivity contribution in [3.8, 4) is 0 Å². The van der Waals surface area contributed by atoms with E-state index in [2.05, 4.69) is 15.2 Å². The number of hydrogen-bond donors (Lipinski definition) is 1. The normalized spacial score (nSPS) is 19.4. The van der Waals surface area contributed by atoms with Crippen molar-refractivity contribution in [2.45, 2.75) is 18.9 Å². The number of pyridine rings is 1. The first-order valence-corrected chi connectivity index (χ1v) is 9.93. The minimum Gasteiger partial charge on any atom is -0.384 e. The quantitative estimate of drug-likeness (QED) is 0.726. The van der Waals surface area contributed by atoms with Crippen LogP contribution in [0.1, 0.15) is 23.3 Å². The van der Waals surface area contributed by atoms with Gasteiger partial charge in [0.25, 0.3) is 5.91 Å². The summed E-state index contributed by atoms with van der Waals surface area (Å²) in [6.45, 7) is 1.85. The fraction of sp³-hybridized carbons (Fsp3) is 0.625. The number of carbonyl (C=O) groups is 1. The van der Waals surface area contributed by atoms with Gasteiger partial charge in [0.1, 0.15) is 5.69 Å². The number of hydrogen-bond acceptors (Lipinski definition) is 6. The molecule has 2 heterocycles. The minimum absolute atomic E-state index is 0.0424. The molecule has 1 unspecified atom stereocenters. The number of rotatable bonds is 7. The molecule has 0 aliphatic carbocycles. The molecule has 1 aromatic rings. The van der Waals surface area contributed by atoms with E-state index in [1.54, 1.807) is 19.3 Å². The van der Waals surface area contributed by atoms with Crippen molar-refractivity contribution in [3.05, 3.63) is 24.0 Å².